The predicted molar refractivity (Wildman–Crippen MR) is 106 cm³/mol. The summed E-state index contributed by atoms with van der Waals surface area (Å²) in [5, 5.41) is 2.79. The number of hydrogen-bond acceptors (Lipinski definition) is 4. The average Bonchev–Trinajstić information content (AvgIpc) is 2.67. The summed E-state index contributed by atoms with van der Waals surface area (Å²) in [7, 11) is 1.59. The highest BCUT2D eigenvalue weighted by Crippen LogP contribution is 2.33. The fourth-order valence-electron chi connectivity index (χ4n) is 3.60. The Hall–Kier alpha value is -1.86. The quantitative estimate of drug-likeness (QED) is 0.549. The van der Waals surface area contributed by atoms with Gasteiger partial charge < -0.3 is 19.7 Å². The van der Waals surface area contributed by atoms with E-state index in [4.69, 9.17) is 9.47 Å². The molecule has 1 aliphatic heterocycles. The van der Waals surface area contributed by atoms with Crippen molar-refractivity contribution in [1.29, 1.82) is 0 Å². The highest BCUT2D eigenvalue weighted by atomic mass is 79.9. The van der Waals surface area contributed by atoms with Crippen molar-refractivity contribution in [2.75, 3.05) is 26.8 Å². The monoisotopic (exact) mass is 436 g/mol. The number of morpholine rings is 1. The van der Waals surface area contributed by atoms with E-state index in [0.29, 0.717) is 18.9 Å². The molecule has 2 aliphatic rings. The van der Waals surface area contributed by atoms with Crippen LogP contribution in [0.1, 0.15) is 31.2 Å². The lowest BCUT2D eigenvalue weighted by Crippen LogP contribution is -2.57. The van der Waals surface area contributed by atoms with Gasteiger partial charge in [-0.3, -0.25) is 9.59 Å². The maximum atomic E-state index is 13.1. The van der Waals surface area contributed by atoms with E-state index in [9.17, 15) is 9.59 Å². The molecule has 2 fully saturated rings. The van der Waals surface area contributed by atoms with Crippen molar-refractivity contribution in [1.82, 2.24) is 10.2 Å². The zero-order valence-electron chi connectivity index (χ0n) is 15.4. The van der Waals surface area contributed by atoms with E-state index in [1.165, 1.54) is 0 Å². The summed E-state index contributed by atoms with van der Waals surface area (Å²) in [5.41, 5.74) is 0.875. The minimum Gasteiger partial charge on any atom is -0.482 e. The maximum Gasteiger partial charge on any atom is 0.289 e. The lowest BCUT2D eigenvalue weighted by Gasteiger charge is -2.44. The van der Waals surface area contributed by atoms with Crippen LogP contribution in [0.4, 0.5) is 0 Å². The zero-order valence-corrected chi connectivity index (χ0v) is 17.0. The van der Waals surface area contributed by atoms with E-state index in [2.05, 4.69) is 21.2 Å². The van der Waals surface area contributed by atoms with Crippen LogP contribution in [0.2, 0.25) is 0 Å². The molecule has 146 valence electrons. The van der Waals surface area contributed by atoms with Crippen LogP contribution >= 0.6 is 15.9 Å². The van der Waals surface area contributed by atoms with Gasteiger partial charge in [-0.05, 0) is 37.0 Å². The summed E-state index contributed by atoms with van der Waals surface area (Å²) in [5.74, 6) is -0.0996. The molecule has 0 radical (unpaired) electrons. The molecule has 0 spiro atoms. The molecule has 2 atom stereocenters. The van der Waals surface area contributed by atoms with Crippen LogP contribution in [0.5, 0.6) is 0 Å². The Balaban J connectivity index is 1.80. The Bertz CT molecular complexity index is 722. The second-order valence-corrected chi connectivity index (χ2v) is 7.67. The Morgan fingerprint density at radius 3 is 2.93 bits per heavy atom. The fraction of sp³-hybridized carbons (Fsp3) is 0.500. The van der Waals surface area contributed by atoms with Crippen molar-refractivity contribution in [2.24, 2.45) is 0 Å². The van der Waals surface area contributed by atoms with Crippen LogP contribution < -0.4 is 5.32 Å². The highest BCUT2D eigenvalue weighted by Gasteiger charge is 2.42. The maximum absolute atomic E-state index is 13.1. The smallest absolute Gasteiger partial charge is 0.289 e. The second-order valence-electron chi connectivity index (χ2n) is 6.81. The third-order valence-electron chi connectivity index (χ3n) is 4.95. The van der Waals surface area contributed by atoms with Gasteiger partial charge in [-0.25, -0.2) is 0 Å². The molecule has 1 aromatic rings. The molecule has 0 aromatic heterocycles. The Morgan fingerprint density at radius 1 is 1.37 bits per heavy atom. The number of rotatable bonds is 6. The third-order valence-corrected chi connectivity index (χ3v) is 5.67. The van der Waals surface area contributed by atoms with E-state index < -0.39 is 0 Å². The van der Waals surface area contributed by atoms with E-state index in [0.717, 1.165) is 35.7 Å². The van der Waals surface area contributed by atoms with Gasteiger partial charge in [0.15, 0.2) is 5.76 Å². The largest absolute Gasteiger partial charge is 0.482 e. The summed E-state index contributed by atoms with van der Waals surface area (Å²) in [6.07, 6.45) is 5.58. The van der Waals surface area contributed by atoms with Crippen LogP contribution in [0.3, 0.4) is 0 Å². The van der Waals surface area contributed by atoms with Gasteiger partial charge in [0, 0.05) is 18.1 Å². The summed E-state index contributed by atoms with van der Waals surface area (Å²) in [6, 6.07) is 7.63. The third kappa shape index (κ3) is 4.90. The van der Waals surface area contributed by atoms with Crippen molar-refractivity contribution in [3.05, 3.63) is 40.1 Å². The Kier molecular flexibility index (Phi) is 6.90. The first-order valence-electron chi connectivity index (χ1n) is 9.29. The number of halogens is 1. The van der Waals surface area contributed by atoms with E-state index in [1.807, 2.05) is 24.3 Å². The van der Waals surface area contributed by atoms with Crippen molar-refractivity contribution < 1.29 is 19.1 Å². The molecule has 1 saturated carbocycles. The number of nitrogens with one attached hydrogen (secondary N) is 1. The number of fused-ring (bicyclic) bond motifs is 1. The van der Waals surface area contributed by atoms with Crippen molar-refractivity contribution >= 4 is 33.8 Å². The van der Waals surface area contributed by atoms with Gasteiger partial charge in [0.05, 0.1) is 12.6 Å². The van der Waals surface area contributed by atoms with Crippen molar-refractivity contribution in [2.45, 2.75) is 37.8 Å². The average molecular weight is 437 g/mol. The number of nitrogens with zero attached hydrogens (tertiary/aromatic N) is 1. The first-order valence-corrected chi connectivity index (χ1v) is 10.1. The van der Waals surface area contributed by atoms with Crippen LogP contribution in [0.15, 0.2) is 34.5 Å². The van der Waals surface area contributed by atoms with Gasteiger partial charge in [-0.2, -0.15) is 0 Å². The number of amides is 2. The SMILES string of the molecule is COCCNC(=O)CN1C(=O)/C(=C\c2ccccc2Br)OC2CCCCC21. The summed E-state index contributed by atoms with van der Waals surface area (Å²) in [6.45, 7) is 0.921. The van der Waals surface area contributed by atoms with Crippen LogP contribution in [0, 0.1) is 0 Å². The number of benzene rings is 1. The molecular formula is C20H25BrN2O4. The van der Waals surface area contributed by atoms with E-state index in [1.54, 1.807) is 18.1 Å². The van der Waals surface area contributed by atoms with Crippen molar-refractivity contribution in [3.8, 4) is 0 Å². The van der Waals surface area contributed by atoms with E-state index in [-0.39, 0.29) is 30.5 Å². The first-order chi connectivity index (χ1) is 13.1. The molecule has 1 N–H and O–H groups in total. The normalized spacial score (nSPS) is 23.7. The number of carbonyl (C=O) groups excluding carboxylic acids is 2. The molecule has 2 unspecified atom stereocenters. The topological polar surface area (TPSA) is 67.9 Å². The lowest BCUT2D eigenvalue weighted by atomic mass is 9.89. The summed E-state index contributed by atoms with van der Waals surface area (Å²) >= 11 is 3.50. The molecule has 27 heavy (non-hydrogen) atoms. The molecule has 2 amide bonds. The molecule has 3 rings (SSSR count). The molecule has 6 nitrogen and oxygen atoms in total. The molecule has 1 aromatic carbocycles. The van der Waals surface area contributed by atoms with E-state index >= 15 is 0 Å². The number of ether oxygens (including phenoxy) is 2. The van der Waals surface area contributed by atoms with Gasteiger partial charge in [0.1, 0.15) is 12.6 Å². The summed E-state index contributed by atoms with van der Waals surface area (Å²) < 4.78 is 11.9. The van der Waals surface area contributed by atoms with Crippen LogP contribution in [-0.4, -0.2) is 55.7 Å². The highest BCUT2D eigenvalue weighted by molar-refractivity contribution is 9.10. The van der Waals surface area contributed by atoms with Gasteiger partial charge in [0.2, 0.25) is 5.91 Å². The second kappa shape index (κ2) is 9.37. The molecule has 1 aliphatic carbocycles. The summed E-state index contributed by atoms with van der Waals surface area (Å²) in [4.78, 5) is 27.0. The van der Waals surface area contributed by atoms with Gasteiger partial charge >= 0.3 is 0 Å². The standard InChI is InChI=1S/C20H25BrN2O4/c1-26-11-10-22-19(24)13-23-16-8-4-5-9-17(16)27-18(20(23)25)12-14-6-2-3-7-15(14)21/h2-3,6-7,12,16-17H,4-5,8-11,13H2,1H3,(H,22,24)/b18-12+. The number of methoxy groups -OCH3 is 1. The zero-order chi connectivity index (χ0) is 19.2. The molecule has 7 heteroatoms. The lowest BCUT2D eigenvalue weighted by molar-refractivity contribution is -0.151. The predicted octanol–water partition coefficient (Wildman–Crippen LogP) is 2.72. The number of hydrogen-bond donors (Lipinski definition) is 1. The first kappa shape index (κ1) is 19.9. The van der Waals surface area contributed by atoms with Crippen LogP contribution in [0.25, 0.3) is 6.08 Å². The Morgan fingerprint density at radius 2 is 2.15 bits per heavy atom. The molecule has 1 heterocycles. The minimum atomic E-state index is -0.226. The fourth-order valence-corrected chi connectivity index (χ4v) is 4.00. The molecule has 1 saturated heterocycles. The molecule has 0 bridgehead atoms. The van der Waals surface area contributed by atoms with Gasteiger partial charge in [-0.1, -0.05) is 40.5 Å². The van der Waals surface area contributed by atoms with Crippen molar-refractivity contribution in [3.63, 3.8) is 0 Å². The van der Waals surface area contributed by atoms with Gasteiger partial charge in [-0.15, -0.1) is 0 Å². The molecular weight excluding hydrogens is 412 g/mol. The number of carbonyl (C=O) groups is 2. The van der Waals surface area contributed by atoms with Crippen LogP contribution in [-0.2, 0) is 19.1 Å². The minimum absolute atomic E-state index is 0.0420. The Labute approximate surface area is 168 Å². The van der Waals surface area contributed by atoms with Gasteiger partial charge in [0.25, 0.3) is 5.91 Å².